The highest BCUT2D eigenvalue weighted by atomic mass is 32.2. The third kappa shape index (κ3) is 4.36. The number of morpholine rings is 1. The van der Waals surface area contributed by atoms with Gasteiger partial charge in [0.05, 0.1) is 29.9 Å². The molecule has 32 heavy (non-hydrogen) atoms. The smallest absolute Gasteiger partial charge is 0.279 e. The van der Waals surface area contributed by atoms with E-state index < -0.39 is 15.9 Å². The summed E-state index contributed by atoms with van der Waals surface area (Å²) in [4.78, 5) is 18.0. The van der Waals surface area contributed by atoms with Crippen LogP contribution in [-0.2, 0) is 21.3 Å². The predicted molar refractivity (Wildman–Crippen MR) is 123 cm³/mol. The maximum absolute atomic E-state index is 12.9. The van der Waals surface area contributed by atoms with E-state index >= 15 is 0 Å². The van der Waals surface area contributed by atoms with Crippen molar-refractivity contribution in [3.63, 3.8) is 0 Å². The number of hydrogen-bond acceptors (Lipinski definition) is 6. The number of rotatable bonds is 6. The van der Waals surface area contributed by atoms with Gasteiger partial charge in [-0.15, -0.1) is 0 Å². The molecule has 0 aliphatic carbocycles. The SMILES string of the molecule is CCCn1c(=NC(=O)c2ccc(S(=O)(=O)N3CCOCC3)cc2)sc2cccc(OC)c21. The lowest BCUT2D eigenvalue weighted by atomic mass is 10.2. The van der Waals surface area contributed by atoms with Crippen LogP contribution in [0.3, 0.4) is 0 Å². The van der Waals surface area contributed by atoms with Crippen molar-refractivity contribution in [3.8, 4) is 5.75 Å². The lowest BCUT2D eigenvalue weighted by Crippen LogP contribution is -2.40. The van der Waals surface area contributed by atoms with Crippen molar-refractivity contribution in [2.45, 2.75) is 24.8 Å². The molecule has 0 unspecified atom stereocenters. The molecule has 0 radical (unpaired) electrons. The molecule has 0 N–H and O–H groups in total. The quantitative estimate of drug-likeness (QED) is 0.547. The van der Waals surface area contributed by atoms with Crippen LogP contribution >= 0.6 is 11.3 Å². The first-order valence-electron chi connectivity index (χ1n) is 10.4. The summed E-state index contributed by atoms with van der Waals surface area (Å²) in [5.74, 6) is 0.314. The zero-order valence-corrected chi connectivity index (χ0v) is 19.6. The molecule has 2 aromatic carbocycles. The van der Waals surface area contributed by atoms with Crippen LogP contribution in [0.2, 0.25) is 0 Å². The lowest BCUT2D eigenvalue weighted by Gasteiger charge is -2.26. The van der Waals surface area contributed by atoms with Crippen LogP contribution in [-0.4, -0.2) is 56.6 Å². The number of methoxy groups -OCH3 is 1. The molecule has 1 amide bonds. The molecule has 1 aliphatic rings. The van der Waals surface area contributed by atoms with Crippen molar-refractivity contribution < 1.29 is 22.7 Å². The number of benzene rings is 2. The van der Waals surface area contributed by atoms with Gasteiger partial charge in [0.25, 0.3) is 5.91 Å². The van der Waals surface area contributed by atoms with Gasteiger partial charge >= 0.3 is 0 Å². The first-order chi connectivity index (χ1) is 15.5. The molecule has 8 nitrogen and oxygen atoms in total. The molecule has 4 rings (SSSR count). The number of thiazole rings is 1. The molecule has 170 valence electrons. The maximum Gasteiger partial charge on any atom is 0.279 e. The van der Waals surface area contributed by atoms with E-state index in [1.165, 1.54) is 39.9 Å². The average Bonchev–Trinajstić information content (AvgIpc) is 3.17. The minimum absolute atomic E-state index is 0.156. The molecular formula is C22H25N3O5S2. The van der Waals surface area contributed by atoms with E-state index in [0.29, 0.717) is 43.2 Å². The molecule has 1 fully saturated rings. The highest BCUT2D eigenvalue weighted by Gasteiger charge is 2.26. The summed E-state index contributed by atoms with van der Waals surface area (Å²) in [5.41, 5.74) is 1.25. The number of sulfonamides is 1. The molecule has 1 saturated heterocycles. The predicted octanol–water partition coefficient (Wildman–Crippen LogP) is 2.88. The van der Waals surface area contributed by atoms with Crippen molar-refractivity contribution in [3.05, 3.63) is 52.8 Å². The minimum Gasteiger partial charge on any atom is -0.495 e. The molecule has 0 bridgehead atoms. The Hall–Kier alpha value is -2.53. The Morgan fingerprint density at radius 2 is 1.88 bits per heavy atom. The fourth-order valence-corrected chi connectivity index (χ4v) is 6.12. The number of amides is 1. The van der Waals surface area contributed by atoms with Gasteiger partial charge in [-0.25, -0.2) is 8.42 Å². The maximum atomic E-state index is 12.9. The van der Waals surface area contributed by atoms with E-state index in [0.717, 1.165) is 22.4 Å². The molecule has 0 atom stereocenters. The van der Waals surface area contributed by atoms with Crippen LogP contribution in [0, 0.1) is 0 Å². The summed E-state index contributed by atoms with van der Waals surface area (Å²) in [6, 6.07) is 11.7. The fourth-order valence-electron chi connectivity index (χ4n) is 3.64. The summed E-state index contributed by atoms with van der Waals surface area (Å²) in [6.45, 7) is 4.17. The summed E-state index contributed by atoms with van der Waals surface area (Å²) in [6.07, 6.45) is 0.874. The van der Waals surface area contributed by atoms with E-state index in [9.17, 15) is 13.2 Å². The Morgan fingerprint density at radius 3 is 2.53 bits per heavy atom. The molecule has 0 saturated carbocycles. The third-order valence-corrected chi connectivity index (χ3v) is 8.19. The van der Waals surface area contributed by atoms with E-state index in [1.807, 2.05) is 22.8 Å². The van der Waals surface area contributed by atoms with E-state index in [-0.39, 0.29) is 4.90 Å². The second-order valence-corrected chi connectivity index (χ2v) is 10.2. The van der Waals surface area contributed by atoms with Crippen molar-refractivity contribution in [1.29, 1.82) is 0 Å². The number of nitrogens with zero attached hydrogens (tertiary/aromatic N) is 3. The van der Waals surface area contributed by atoms with Crippen molar-refractivity contribution in [2.24, 2.45) is 4.99 Å². The van der Waals surface area contributed by atoms with Crippen molar-refractivity contribution in [1.82, 2.24) is 8.87 Å². The van der Waals surface area contributed by atoms with E-state index in [2.05, 4.69) is 11.9 Å². The number of ether oxygens (including phenoxy) is 2. The summed E-state index contributed by atoms with van der Waals surface area (Å²) in [7, 11) is -1.98. The summed E-state index contributed by atoms with van der Waals surface area (Å²) in [5, 5.41) is 0. The van der Waals surface area contributed by atoms with Gasteiger partial charge in [-0.2, -0.15) is 9.30 Å². The normalized spacial score (nSPS) is 15.9. The van der Waals surface area contributed by atoms with Gasteiger partial charge in [0, 0.05) is 25.2 Å². The van der Waals surface area contributed by atoms with Gasteiger partial charge in [-0.1, -0.05) is 24.3 Å². The van der Waals surface area contributed by atoms with Crippen molar-refractivity contribution >= 4 is 37.5 Å². The number of fused-ring (bicyclic) bond motifs is 1. The average molecular weight is 476 g/mol. The van der Waals surface area contributed by atoms with Crippen LogP contribution in [0.25, 0.3) is 10.2 Å². The lowest BCUT2D eigenvalue weighted by molar-refractivity contribution is 0.0730. The number of aryl methyl sites for hydroxylation is 1. The number of carbonyl (C=O) groups is 1. The Kier molecular flexibility index (Phi) is 6.75. The van der Waals surface area contributed by atoms with Crippen LogP contribution in [0.5, 0.6) is 5.75 Å². The number of hydrogen-bond donors (Lipinski definition) is 0. The third-order valence-electron chi connectivity index (χ3n) is 5.24. The molecule has 10 heteroatoms. The standard InChI is InChI=1S/C22H25N3O5S2/c1-3-11-25-20-18(29-2)5-4-6-19(20)31-22(25)23-21(26)16-7-9-17(10-8-16)32(27,28)24-12-14-30-15-13-24/h4-10H,3,11-15H2,1-2H3. The van der Waals surface area contributed by atoms with Gasteiger partial charge in [0.1, 0.15) is 11.3 Å². The summed E-state index contributed by atoms with van der Waals surface area (Å²) >= 11 is 1.42. The number of aromatic nitrogens is 1. The molecule has 1 aromatic heterocycles. The Labute approximate surface area is 190 Å². The van der Waals surface area contributed by atoms with Gasteiger partial charge in [0.2, 0.25) is 10.0 Å². The van der Waals surface area contributed by atoms with Gasteiger partial charge in [0.15, 0.2) is 4.80 Å². The monoisotopic (exact) mass is 475 g/mol. The number of carbonyl (C=O) groups excluding carboxylic acids is 1. The Morgan fingerprint density at radius 1 is 1.16 bits per heavy atom. The topological polar surface area (TPSA) is 90.2 Å². The Balaban J connectivity index is 1.67. The second-order valence-electron chi connectivity index (χ2n) is 7.30. The Bertz CT molecular complexity index is 1290. The fraction of sp³-hybridized carbons (Fsp3) is 0.364. The first kappa shape index (κ1) is 22.7. The molecule has 3 aromatic rings. The van der Waals surface area contributed by atoms with E-state index in [4.69, 9.17) is 9.47 Å². The summed E-state index contributed by atoms with van der Waals surface area (Å²) < 4.78 is 40.7. The van der Waals surface area contributed by atoms with E-state index in [1.54, 1.807) is 7.11 Å². The van der Waals surface area contributed by atoms with Crippen molar-refractivity contribution in [2.75, 3.05) is 33.4 Å². The molecule has 2 heterocycles. The minimum atomic E-state index is -3.61. The number of para-hydroxylation sites is 1. The van der Waals surface area contributed by atoms with Crippen LogP contribution in [0.4, 0.5) is 0 Å². The molecular weight excluding hydrogens is 450 g/mol. The van der Waals surface area contributed by atoms with Crippen LogP contribution in [0.15, 0.2) is 52.4 Å². The largest absolute Gasteiger partial charge is 0.495 e. The first-order valence-corrected chi connectivity index (χ1v) is 12.6. The van der Waals surface area contributed by atoms with Crippen LogP contribution in [0.1, 0.15) is 23.7 Å². The zero-order valence-electron chi connectivity index (χ0n) is 18.0. The van der Waals surface area contributed by atoms with Gasteiger partial charge < -0.3 is 14.0 Å². The highest BCUT2D eigenvalue weighted by molar-refractivity contribution is 7.89. The van der Waals surface area contributed by atoms with Gasteiger partial charge in [-0.3, -0.25) is 4.79 Å². The molecule has 0 spiro atoms. The molecule has 1 aliphatic heterocycles. The highest BCUT2D eigenvalue weighted by Crippen LogP contribution is 2.27. The zero-order chi connectivity index (χ0) is 22.7. The second kappa shape index (κ2) is 9.53. The van der Waals surface area contributed by atoms with Crippen LogP contribution < -0.4 is 9.54 Å². The van der Waals surface area contributed by atoms with Gasteiger partial charge in [-0.05, 0) is 42.8 Å².